The van der Waals surface area contributed by atoms with E-state index in [2.05, 4.69) is 18.6 Å². The second-order valence-electron chi connectivity index (χ2n) is 2.27. The van der Waals surface area contributed by atoms with E-state index in [9.17, 15) is 0 Å². The van der Waals surface area contributed by atoms with E-state index in [1.54, 1.807) is 0 Å². The van der Waals surface area contributed by atoms with E-state index in [0.29, 0.717) is 6.61 Å². The van der Waals surface area contributed by atoms with Gasteiger partial charge in [-0.25, -0.2) is 0 Å². The molecule has 0 aliphatic carbocycles. The molecular formula is C10H13O. The van der Waals surface area contributed by atoms with E-state index >= 15 is 0 Å². The van der Waals surface area contributed by atoms with Crippen molar-refractivity contribution in [2.24, 2.45) is 0 Å². The van der Waals surface area contributed by atoms with Crippen LogP contribution in [0.2, 0.25) is 0 Å². The van der Waals surface area contributed by atoms with Crippen molar-refractivity contribution in [3.8, 4) is 0 Å². The van der Waals surface area contributed by atoms with Crippen LogP contribution in [0.1, 0.15) is 12.5 Å². The van der Waals surface area contributed by atoms with Gasteiger partial charge in [-0.15, -0.1) is 0 Å². The van der Waals surface area contributed by atoms with Gasteiger partial charge in [0.1, 0.15) is 0 Å². The van der Waals surface area contributed by atoms with Crippen LogP contribution in [0.3, 0.4) is 0 Å². The summed E-state index contributed by atoms with van der Waals surface area (Å²) < 4.78 is 5.18. The van der Waals surface area contributed by atoms with Crippen LogP contribution < -0.4 is 0 Å². The molecular weight excluding hydrogens is 136 g/mol. The minimum absolute atomic E-state index is 0.709. The lowest BCUT2D eigenvalue weighted by molar-refractivity contribution is 0.170. The van der Waals surface area contributed by atoms with Crippen molar-refractivity contribution in [1.29, 1.82) is 0 Å². The molecule has 0 heterocycles. The molecule has 1 radical (unpaired) electrons. The van der Waals surface area contributed by atoms with Crippen molar-refractivity contribution in [2.45, 2.75) is 6.92 Å². The van der Waals surface area contributed by atoms with Crippen molar-refractivity contribution in [3.05, 3.63) is 42.3 Å². The molecule has 0 aliphatic heterocycles. The maximum atomic E-state index is 5.18. The highest BCUT2D eigenvalue weighted by Gasteiger charge is 1.89. The summed E-state index contributed by atoms with van der Waals surface area (Å²) in [7, 11) is 0. The molecule has 0 aromatic heterocycles. The van der Waals surface area contributed by atoms with E-state index in [4.69, 9.17) is 4.74 Å². The number of hydrogen-bond acceptors (Lipinski definition) is 1. The molecule has 1 aromatic carbocycles. The molecule has 1 heteroatoms. The fraction of sp³-hybridized carbons (Fsp3) is 0.300. The summed E-state index contributed by atoms with van der Waals surface area (Å²) >= 11 is 0. The molecule has 0 saturated carbocycles. The van der Waals surface area contributed by atoms with E-state index < -0.39 is 0 Å². The second-order valence-corrected chi connectivity index (χ2v) is 2.27. The van der Waals surface area contributed by atoms with Crippen LogP contribution in [0, 0.1) is 6.42 Å². The monoisotopic (exact) mass is 149 g/mol. The fourth-order valence-electron chi connectivity index (χ4n) is 0.862. The Morgan fingerprint density at radius 2 is 2.00 bits per heavy atom. The Balaban J connectivity index is 2.28. The van der Waals surface area contributed by atoms with Gasteiger partial charge in [-0.3, -0.25) is 0 Å². The Morgan fingerprint density at radius 3 is 2.64 bits per heavy atom. The number of hydrogen-bond donors (Lipinski definition) is 0. The molecule has 0 N–H and O–H groups in total. The molecule has 0 unspecified atom stereocenters. The van der Waals surface area contributed by atoms with E-state index in [-0.39, 0.29) is 0 Å². The Bertz CT molecular complexity index is 181. The van der Waals surface area contributed by atoms with Crippen LogP contribution in [0.4, 0.5) is 0 Å². The Kier molecular flexibility index (Phi) is 3.70. The lowest BCUT2D eigenvalue weighted by Crippen LogP contribution is -1.94. The molecule has 11 heavy (non-hydrogen) atoms. The molecule has 0 bridgehead atoms. The number of ether oxygens (including phenoxy) is 1. The summed E-state index contributed by atoms with van der Waals surface area (Å²) in [6.07, 6.45) is 2.07. The SMILES string of the molecule is CCOC[CH]c1ccccc1. The van der Waals surface area contributed by atoms with Crippen molar-refractivity contribution in [2.75, 3.05) is 13.2 Å². The van der Waals surface area contributed by atoms with Crippen molar-refractivity contribution >= 4 is 0 Å². The van der Waals surface area contributed by atoms with Gasteiger partial charge >= 0.3 is 0 Å². The summed E-state index contributed by atoms with van der Waals surface area (Å²) in [5.74, 6) is 0. The molecule has 0 spiro atoms. The Labute approximate surface area is 68.0 Å². The van der Waals surface area contributed by atoms with Gasteiger partial charge in [-0.2, -0.15) is 0 Å². The molecule has 1 rings (SSSR count). The molecule has 0 aliphatic rings. The highest BCUT2D eigenvalue weighted by molar-refractivity contribution is 5.22. The third kappa shape index (κ3) is 3.19. The van der Waals surface area contributed by atoms with Crippen LogP contribution >= 0.6 is 0 Å². The summed E-state index contributed by atoms with van der Waals surface area (Å²) in [5, 5.41) is 0. The van der Waals surface area contributed by atoms with E-state index in [0.717, 1.165) is 6.61 Å². The predicted octanol–water partition coefficient (Wildman–Crippen LogP) is 2.28. The van der Waals surface area contributed by atoms with Crippen LogP contribution in [-0.4, -0.2) is 13.2 Å². The van der Waals surface area contributed by atoms with Crippen LogP contribution in [0.15, 0.2) is 30.3 Å². The van der Waals surface area contributed by atoms with Gasteiger partial charge in [0.05, 0.1) is 6.61 Å². The second kappa shape index (κ2) is 4.91. The van der Waals surface area contributed by atoms with E-state index in [1.165, 1.54) is 5.56 Å². The quantitative estimate of drug-likeness (QED) is 0.597. The summed E-state index contributed by atoms with van der Waals surface area (Å²) in [5.41, 5.74) is 1.22. The maximum absolute atomic E-state index is 5.18. The van der Waals surface area contributed by atoms with Crippen molar-refractivity contribution in [3.63, 3.8) is 0 Å². The minimum Gasteiger partial charge on any atom is -0.381 e. The molecule has 0 saturated heterocycles. The first-order valence-corrected chi connectivity index (χ1v) is 3.89. The first kappa shape index (κ1) is 8.28. The zero-order chi connectivity index (χ0) is 7.94. The normalized spacial score (nSPS) is 9.91. The topological polar surface area (TPSA) is 9.23 Å². The predicted molar refractivity (Wildman–Crippen MR) is 46.3 cm³/mol. The lowest BCUT2D eigenvalue weighted by atomic mass is 10.2. The molecule has 1 aromatic rings. The van der Waals surface area contributed by atoms with Gasteiger partial charge in [0.2, 0.25) is 0 Å². The molecule has 1 nitrogen and oxygen atoms in total. The molecule has 0 amide bonds. The average molecular weight is 149 g/mol. The van der Waals surface area contributed by atoms with Gasteiger partial charge in [0.25, 0.3) is 0 Å². The van der Waals surface area contributed by atoms with Gasteiger partial charge in [-0.1, -0.05) is 30.3 Å². The molecule has 0 atom stereocenters. The summed E-state index contributed by atoms with van der Waals surface area (Å²) in [6.45, 7) is 3.49. The third-order valence-corrected chi connectivity index (χ3v) is 1.44. The van der Waals surface area contributed by atoms with Gasteiger partial charge in [-0.05, 0) is 12.5 Å². The van der Waals surface area contributed by atoms with Crippen molar-refractivity contribution < 1.29 is 4.74 Å². The first-order valence-electron chi connectivity index (χ1n) is 3.89. The Hall–Kier alpha value is -0.820. The summed E-state index contributed by atoms with van der Waals surface area (Å²) in [4.78, 5) is 0. The minimum atomic E-state index is 0.709. The largest absolute Gasteiger partial charge is 0.381 e. The van der Waals surface area contributed by atoms with Gasteiger partial charge in [0, 0.05) is 13.0 Å². The highest BCUT2D eigenvalue weighted by Crippen LogP contribution is 2.01. The third-order valence-electron chi connectivity index (χ3n) is 1.44. The first-order chi connectivity index (χ1) is 5.43. The van der Waals surface area contributed by atoms with Crippen LogP contribution in [0.25, 0.3) is 0 Å². The van der Waals surface area contributed by atoms with Crippen LogP contribution in [0.5, 0.6) is 0 Å². The van der Waals surface area contributed by atoms with E-state index in [1.807, 2.05) is 25.1 Å². The zero-order valence-electron chi connectivity index (χ0n) is 6.79. The smallest absolute Gasteiger partial charge is 0.0541 e. The lowest BCUT2D eigenvalue weighted by Gasteiger charge is -1.99. The maximum Gasteiger partial charge on any atom is 0.0541 e. The van der Waals surface area contributed by atoms with Gasteiger partial charge < -0.3 is 4.74 Å². The molecule has 0 fully saturated rings. The Morgan fingerprint density at radius 1 is 1.27 bits per heavy atom. The summed E-state index contributed by atoms with van der Waals surface area (Å²) in [6, 6.07) is 10.2. The average Bonchev–Trinajstić information content (AvgIpc) is 2.07. The van der Waals surface area contributed by atoms with Gasteiger partial charge in [0.15, 0.2) is 0 Å². The number of benzene rings is 1. The zero-order valence-corrected chi connectivity index (χ0v) is 6.79. The highest BCUT2D eigenvalue weighted by atomic mass is 16.5. The fourth-order valence-corrected chi connectivity index (χ4v) is 0.862. The van der Waals surface area contributed by atoms with Crippen molar-refractivity contribution in [1.82, 2.24) is 0 Å². The number of rotatable bonds is 4. The standard InChI is InChI=1S/C10H13O/c1-2-11-9-8-10-6-4-3-5-7-10/h3-8H,2,9H2,1H3. The van der Waals surface area contributed by atoms with Crippen LogP contribution in [-0.2, 0) is 4.74 Å². The molecule has 59 valence electrons.